The molecule has 0 saturated carbocycles. The molecule has 3 fully saturated rings. The van der Waals surface area contributed by atoms with Crippen molar-refractivity contribution in [2.45, 2.75) is 213 Å². The number of rotatable bonds is 9. The van der Waals surface area contributed by atoms with E-state index in [9.17, 15) is 35.7 Å². The minimum absolute atomic E-state index is 0.239. The van der Waals surface area contributed by atoms with Crippen LogP contribution in [0.3, 0.4) is 0 Å². The maximum Gasteiger partial charge on any atom is 0.124 e. The van der Waals surface area contributed by atoms with E-state index in [4.69, 9.17) is 19.3 Å². The van der Waals surface area contributed by atoms with Gasteiger partial charge in [-0.3, -0.25) is 0 Å². The highest BCUT2D eigenvalue weighted by molar-refractivity contribution is 5.21. The van der Waals surface area contributed by atoms with Crippen LogP contribution in [-0.2, 0) is 14.2 Å². The molecule has 16 unspecified atom stereocenters. The molecule has 0 aromatic heterocycles. The first-order valence-corrected chi connectivity index (χ1v) is 19.5. The lowest BCUT2D eigenvalue weighted by Crippen LogP contribution is -2.82. The average molecular weight is 737 g/mol. The summed E-state index contributed by atoms with van der Waals surface area (Å²) in [7, 11) is 0. The van der Waals surface area contributed by atoms with Crippen LogP contribution in [0.15, 0.2) is 0 Å². The van der Waals surface area contributed by atoms with Gasteiger partial charge in [0.15, 0.2) is 0 Å². The molecule has 16 atom stereocenters. The van der Waals surface area contributed by atoms with E-state index in [-0.39, 0.29) is 18.4 Å². The smallest absolute Gasteiger partial charge is 0.124 e. The molecule has 3 rings (SSSR count). The normalized spacial score (nSPS) is 46.6. The second-order valence-corrected chi connectivity index (χ2v) is 18.3. The van der Waals surface area contributed by atoms with E-state index in [2.05, 4.69) is 41.5 Å². The molecule has 306 valence electrons. The van der Waals surface area contributed by atoms with Crippen LogP contribution in [0, 0.1) is 35.5 Å². The molecule has 0 aromatic rings. The summed E-state index contributed by atoms with van der Waals surface area (Å²) in [6.45, 7) is 30.5. The van der Waals surface area contributed by atoms with Crippen molar-refractivity contribution < 1.29 is 55.1 Å². The van der Waals surface area contributed by atoms with E-state index in [0.29, 0.717) is 36.9 Å². The zero-order chi connectivity index (χ0) is 40.2. The van der Waals surface area contributed by atoms with Gasteiger partial charge in [0.05, 0.1) is 36.6 Å². The zero-order valence-electron chi connectivity index (χ0n) is 34.9. The number of hydrogen-bond donors (Lipinski definition) is 8. The highest BCUT2D eigenvalue weighted by atomic mass is 16.6. The molecule has 0 spiro atoms. The van der Waals surface area contributed by atoms with Gasteiger partial charge in [0, 0.05) is 0 Å². The lowest BCUT2D eigenvalue weighted by Gasteiger charge is -2.63. The Morgan fingerprint density at radius 1 is 0.627 bits per heavy atom. The Bertz CT molecular complexity index is 1020. The van der Waals surface area contributed by atoms with Crippen LogP contribution in [-0.4, -0.2) is 124 Å². The summed E-state index contributed by atoms with van der Waals surface area (Å²) < 4.78 is 17.7. The summed E-state index contributed by atoms with van der Waals surface area (Å²) in [5, 5.41) is 80.6. The van der Waals surface area contributed by atoms with Crippen molar-refractivity contribution in [3.8, 4) is 0 Å². The lowest BCUT2D eigenvalue weighted by atomic mass is 9.60. The fraction of sp³-hybridized carbons (Fsp3) is 1.00. The quantitative estimate of drug-likeness (QED) is 0.169. The van der Waals surface area contributed by atoms with Gasteiger partial charge in [-0.1, -0.05) is 69.2 Å². The molecule has 3 heterocycles. The summed E-state index contributed by atoms with van der Waals surface area (Å²) in [6, 6.07) is 0. The molecule has 0 radical (unpaired) electrons. The fourth-order valence-electron chi connectivity index (χ4n) is 8.23. The maximum absolute atomic E-state index is 10.8. The van der Waals surface area contributed by atoms with Gasteiger partial charge < -0.3 is 55.1 Å². The van der Waals surface area contributed by atoms with Crippen molar-refractivity contribution in [2.75, 3.05) is 6.61 Å². The molecule has 0 amide bonds. The summed E-state index contributed by atoms with van der Waals surface area (Å²) in [5.74, 6) is 3.49. The summed E-state index contributed by atoms with van der Waals surface area (Å²) in [6.07, 6.45) is -1.80. The molecule has 3 saturated heterocycles. The van der Waals surface area contributed by atoms with Crippen molar-refractivity contribution in [2.24, 2.45) is 35.5 Å². The van der Waals surface area contributed by atoms with Crippen molar-refractivity contribution in [3.63, 3.8) is 0 Å². The second kappa shape index (κ2) is 18.5. The Labute approximate surface area is 310 Å². The average Bonchev–Trinajstić information content (AvgIpc) is 3.00. The molecule has 0 aliphatic carbocycles. The van der Waals surface area contributed by atoms with E-state index < -0.39 is 64.6 Å². The Hall–Kier alpha value is -0.440. The van der Waals surface area contributed by atoms with Gasteiger partial charge >= 0.3 is 0 Å². The largest absolute Gasteiger partial charge is 0.394 e. The Balaban J connectivity index is 0.000000387. The van der Waals surface area contributed by atoms with E-state index in [1.165, 1.54) is 34.1 Å². The van der Waals surface area contributed by atoms with Gasteiger partial charge in [-0.25, -0.2) is 0 Å². The number of aliphatic hydroxyl groups excluding tert-OH is 5. The Morgan fingerprint density at radius 3 is 1.53 bits per heavy atom. The first-order valence-electron chi connectivity index (χ1n) is 19.5. The topological polar surface area (TPSA) is 190 Å². The molecule has 3 aliphatic rings. The second-order valence-electron chi connectivity index (χ2n) is 18.3. The first-order chi connectivity index (χ1) is 23.0. The number of aliphatic hydroxyl groups is 8. The minimum atomic E-state index is -1.83. The SMILES string of the molecule is CC(C)CC1(C)OC(CO)C(O)C(O)C1O.CC(C)CC1OC(C)(C(C)O)C(C)(O)C(C)(O)C1(C)O.CCC1OC(CC(C)C)C(C)C(C)C1C. The van der Waals surface area contributed by atoms with Crippen LogP contribution in [0.5, 0.6) is 0 Å². The molecule has 0 aromatic carbocycles. The van der Waals surface area contributed by atoms with Gasteiger partial charge in [-0.15, -0.1) is 0 Å². The minimum Gasteiger partial charge on any atom is -0.394 e. The molecule has 11 nitrogen and oxygen atoms in total. The van der Waals surface area contributed by atoms with Crippen LogP contribution in [0.4, 0.5) is 0 Å². The van der Waals surface area contributed by atoms with Crippen LogP contribution in [0.1, 0.15) is 136 Å². The number of hydrogen-bond acceptors (Lipinski definition) is 11. The van der Waals surface area contributed by atoms with Crippen LogP contribution >= 0.6 is 0 Å². The van der Waals surface area contributed by atoms with Gasteiger partial charge in [0.1, 0.15) is 46.8 Å². The van der Waals surface area contributed by atoms with Gasteiger partial charge in [-0.05, 0) is 103 Å². The maximum atomic E-state index is 10.8. The highest BCUT2D eigenvalue weighted by Gasteiger charge is 2.71. The predicted octanol–water partition coefficient (Wildman–Crippen LogP) is 4.21. The van der Waals surface area contributed by atoms with Gasteiger partial charge in [0.2, 0.25) is 0 Å². The Morgan fingerprint density at radius 2 is 1.12 bits per heavy atom. The van der Waals surface area contributed by atoms with Crippen LogP contribution in [0.25, 0.3) is 0 Å². The molecule has 51 heavy (non-hydrogen) atoms. The monoisotopic (exact) mass is 737 g/mol. The van der Waals surface area contributed by atoms with Crippen molar-refractivity contribution in [1.29, 1.82) is 0 Å². The standard InChI is InChI=1S/C15H30O5.C14H28O.C11H22O5/c1-9(2)8-11-12(4,17)14(6,18)15(7,19)13(5,20-11)10(3)16;1-7-13-11(5)10(4)12(6)14(15-13)8-9(2)3;1-6(2)4-11(3)10(15)9(14)8(13)7(5-12)16-11/h9-11,16-19H,8H2,1-7H3;9-14H,7-8H2,1-6H3;6-10,12-15H,4-5H2,1-3H3. The third-order valence-corrected chi connectivity index (χ3v) is 12.8. The molecular weight excluding hydrogens is 656 g/mol. The lowest BCUT2D eigenvalue weighted by molar-refractivity contribution is -0.384. The van der Waals surface area contributed by atoms with Gasteiger partial charge in [-0.2, -0.15) is 0 Å². The van der Waals surface area contributed by atoms with E-state index >= 15 is 0 Å². The highest BCUT2D eigenvalue weighted by Crippen LogP contribution is 2.51. The van der Waals surface area contributed by atoms with Gasteiger partial charge in [0.25, 0.3) is 0 Å². The Kier molecular flexibility index (Phi) is 17.6. The van der Waals surface area contributed by atoms with Crippen LogP contribution < -0.4 is 0 Å². The van der Waals surface area contributed by atoms with E-state index in [1.807, 2.05) is 27.7 Å². The van der Waals surface area contributed by atoms with Crippen molar-refractivity contribution in [1.82, 2.24) is 0 Å². The molecule has 0 bridgehead atoms. The number of ether oxygens (including phenoxy) is 3. The summed E-state index contributed by atoms with van der Waals surface area (Å²) in [4.78, 5) is 0. The van der Waals surface area contributed by atoms with Crippen LogP contribution in [0.2, 0.25) is 0 Å². The molecule has 11 heteroatoms. The zero-order valence-corrected chi connectivity index (χ0v) is 34.9. The molecule has 3 aliphatic heterocycles. The molecule has 8 N–H and O–H groups in total. The van der Waals surface area contributed by atoms with E-state index in [0.717, 1.165) is 18.3 Å². The van der Waals surface area contributed by atoms with Crippen molar-refractivity contribution in [3.05, 3.63) is 0 Å². The summed E-state index contributed by atoms with van der Waals surface area (Å²) in [5.41, 5.74) is -7.58. The first kappa shape index (κ1) is 48.6. The fourth-order valence-corrected chi connectivity index (χ4v) is 8.23. The van der Waals surface area contributed by atoms with Crippen molar-refractivity contribution >= 4 is 0 Å². The third kappa shape index (κ3) is 10.5. The third-order valence-electron chi connectivity index (χ3n) is 12.8. The molecular formula is C40H80O11. The van der Waals surface area contributed by atoms with E-state index in [1.54, 1.807) is 13.8 Å². The summed E-state index contributed by atoms with van der Waals surface area (Å²) >= 11 is 0. The predicted molar refractivity (Wildman–Crippen MR) is 200 cm³/mol.